The molecule has 0 aliphatic heterocycles. The Hall–Kier alpha value is -3.84. The van der Waals surface area contributed by atoms with Crippen LogP contribution in [0.1, 0.15) is 53.8 Å². The van der Waals surface area contributed by atoms with E-state index >= 15 is 0 Å². The quantitative estimate of drug-likeness (QED) is 0.211. The molecule has 1 saturated carbocycles. The first-order valence-corrected chi connectivity index (χ1v) is 14.0. The fourth-order valence-electron chi connectivity index (χ4n) is 5.59. The fraction of sp³-hybridized carbons (Fsp3) is 0.258. The molecule has 5 aromatic rings. The van der Waals surface area contributed by atoms with Gasteiger partial charge in [0.2, 0.25) is 0 Å². The molecule has 1 aliphatic rings. The topological polar surface area (TPSA) is 70.2 Å². The van der Waals surface area contributed by atoms with Gasteiger partial charge >= 0.3 is 0 Å². The predicted molar refractivity (Wildman–Crippen MR) is 153 cm³/mol. The molecule has 0 bridgehead atoms. The average molecular weight is 524 g/mol. The highest BCUT2D eigenvalue weighted by atomic mass is 32.1. The molecule has 5 heterocycles. The number of nitrogens with zero attached hydrogens (tertiary/aromatic N) is 3. The molecule has 1 aliphatic carbocycles. The van der Waals surface area contributed by atoms with Crippen LogP contribution < -0.4 is 0 Å². The summed E-state index contributed by atoms with van der Waals surface area (Å²) >= 11 is 1.13. The van der Waals surface area contributed by atoms with E-state index < -0.39 is 0 Å². The predicted octanol–water partition coefficient (Wildman–Crippen LogP) is 8.26. The SMILES string of the molecule is C=C/C=C(/c1ccc(F)s1)c1cc(-c2n[nH]c3cnc(-c4cncc(CC5CCCCC5)c4)cc23)[nH]c1C. The monoisotopic (exact) mass is 523 g/mol. The van der Waals surface area contributed by atoms with Crippen molar-refractivity contribution in [2.24, 2.45) is 5.92 Å². The van der Waals surface area contributed by atoms with Crippen LogP contribution in [0.5, 0.6) is 0 Å². The molecule has 0 amide bonds. The second-order valence-electron chi connectivity index (χ2n) is 10.1. The van der Waals surface area contributed by atoms with Crippen LogP contribution in [-0.2, 0) is 6.42 Å². The molecule has 6 rings (SSSR count). The van der Waals surface area contributed by atoms with Gasteiger partial charge in [0.25, 0.3) is 0 Å². The van der Waals surface area contributed by atoms with Gasteiger partial charge in [-0.15, -0.1) is 11.3 Å². The zero-order valence-electron chi connectivity index (χ0n) is 21.4. The Morgan fingerprint density at radius 2 is 2.00 bits per heavy atom. The van der Waals surface area contributed by atoms with Crippen molar-refractivity contribution in [1.29, 1.82) is 0 Å². The molecular weight excluding hydrogens is 493 g/mol. The van der Waals surface area contributed by atoms with E-state index in [-0.39, 0.29) is 5.13 Å². The summed E-state index contributed by atoms with van der Waals surface area (Å²) in [7, 11) is 0. The van der Waals surface area contributed by atoms with Gasteiger partial charge in [-0.25, -0.2) is 0 Å². The first-order valence-electron chi connectivity index (χ1n) is 13.2. The van der Waals surface area contributed by atoms with Gasteiger partial charge in [0.1, 0.15) is 5.69 Å². The van der Waals surface area contributed by atoms with Crippen molar-refractivity contribution in [2.75, 3.05) is 0 Å². The lowest BCUT2D eigenvalue weighted by atomic mass is 9.85. The van der Waals surface area contributed by atoms with Crippen molar-refractivity contribution in [3.8, 4) is 22.6 Å². The van der Waals surface area contributed by atoms with Crippen molar-refractivity contribution >= 4 is 27.8 Å². The summed E-state index contributed by atoms with van der Waals surface area (Å²) in [5, 5.41) is 8.52. The summed E-state index contributed by atoms with van der Waals surface area (Å²) in [4.78, 5) is 13.6. The summed E-state index contributed by atoms with van der Waals surface area (Å²) in [6.45, 7) is 5.88. The molecule has 2 N–H and O–H groups in total. The highest BCUT2D eigenvalue weighted by Crippen LogP contribution is 2.36. The summed E-state index contributed by atoms with van der Waals surface area (Å²) in [5.74, 6) is 0.757. The van der Waals surface area contributed by atoms with Crippen LogP contribution in [0.4, 0.5) is 4.39 Å². The van der Waals surface area contributed by atoms with Crippen LogP contribution >= 0.6 is 11.3 Å². The summed E-state index contributed by atoms with van der Waals surface area (Å²) in [6.07, 6.45) is 17.1. The lowest BCUT2D eigenvalue weighted by Crippen LogP contribution is -2.09. The minimum absolute atomic E-state index is 0.209. The van der Waals surface area contributed by atoms with Gasteiger partial charge in [0.05, 0.1) is 23.1 Å². The van der Waals surface area contributed by atoms with Crippen molar-refractivity contribution in [1.82, 2.24) is 25.1 Å². The average Bonchev–Trinajstić information content (AvgIpc) is 3.66. The second-order valence-corrected chi connectivity index (χ2v) is 11.2. The molecule has 7 heteroatoms. The minimum Gasteiger partial charge on any atom is -0.357 e. The normalized spacial score (nSPS) is 14.8. The number of hydrogen-bond donors (Lipinski definition) is 2. The molecule has 0 saturated heterocycles. The number of aromatic nitrogens is 5. The zero-order chi connectivity index (χ0) is 26.1. The first-order chi connectivity index (χ1) is 18.6. The van der Waals surface area contributed by atoms with E-state index in [9.17, 15) is 4.39 Å². The Morgan fingerprint density at radius 1 is 1.13 bits per heavy atom. The maximum atomic E-state index is 13.8. The Morgan fingerprint density at radius 3 is 2.79 bits per heavy atom. The van der Waals surface area contributed by atoms with Crippen LogP contribution in [0.15, 0.2) is 67.7 Å². The van der Waals surface area contributed by atoms with Crippen molar-refractivity contribution in [3.63, 3.8) is 0 Å². The number of halogens is 1. The highest BCUT2D eigenvalue weighted by Gasteiger charge is 2.18. The van der Waals surface area contributed by atoms with E-state index in [0.29, 0.717) is 0 Å². The number of H-pyrrole nitrogens is 2. The van der Waals surface area contributed by atoms with E-state index in [2.05, 4.69) is 44.9 Å². The maximum absolute atomic E-state index is 13.8. The third-order valence-corrected chi connectivity index (χ3v) is 8.38. The lowest BCUT2D eigenvalue weighted by Gasteiger charge is -2.21. The molecular formula is C31H30FN5S. The van der Waals surface area contributed by atoms with Gasteiger partial charge in [0.15, 0.2) is 5.13 Å². The van der Waals surface area contributed by atoms with E-state index in [4.69, 9.17) is 4.98 Å². The molecule has 38 heavy (non-hydrogen) atoms. The molecule has 0 radical (unpaired) electrons. The standard InChI is InChI=1S/C31H30FN5S/c1-3-7-23(29-10-11-30(32)38-29)24-14-27(35-19(24)2)31-25-15-26(34-18-28(25)36-37-31)22-13-21(16-33-17-22)12-20-8-5-4-6-9-20/h3,7,10-11,13-18,20,35H,1,4-6,8-9,12H2,2H3,(H,36,37)/b23-7+. The fourth-order valence-corrected chi connectivity index (χ4v) is 6.36. The maximum Gasteiger partial charge on any atom is 0.176 e. The summed E-state index contributed by atoms with van der Waals surface area (Å²) in [6, 6.07) is 9.69. The number of aryl methyl sites for hydroxylation is 1. The highest BCUT2D eigenvalue weighted by molar-refractivity contribution is 7.11. The van der Waals surface area contributed by atoms with Gasteiger partial charge in [0, 0.05) is 45.1 Å². The van der Waals surface area contributed by atoms with Gasteiger partial charge in [-0.3, -0.25) is 15.1 Å². The van der Waals surface area contributed by atoms with Crippen LogP contribution in [-0.4, -0.2) is 25.1 Å². The first kappa shape index (κ1) is 24.5. The third kappa shape index (κ3) is 4.86. The Bertz CT molecular complexity index is 1630. The smallest absolute Gasteiger partial charge is 0.176 e. The van der Waals surface area contributed by atoms with Gasteiger partial charge in [-0.1, -0.05) is 50.8 Å². The zero-order valence-corrected chi connectivity index (χ0v) is 22.2. The second kappa shape index (κ2) is 10.5. The van der Waals surface area contributed by atoms with E-state index in [1.807, 2.05) is 31.6 Å². The Kier molecular flexibility index (Phi) is 6.77. The largest absolute Gasteiger partial charge is 0.357 e. The van der Waals surface area contributed by atoms with Crippen molar-refractivity contribution < 1.29 is 4.39 Å². The van der Waals surface area contributed by atoms with Gasteiger partial charge in [-0.05, 0) is 55.2 Å². The third-order valence-electron chi connectivity index (χ3n) is 7.47. The molecule has 0 unspecified atom stereocenters. The number of aromatic amines is 2. The molecule has 192 valence electrons. The summed E-state index contributed by atoms with van der Waals surface area (Å²) in [5.41, 5.74) is 8.65. The molecule has 1 fully saturated rings. The number of fused-ring (bicyclic) bond motifs is 1. The summed E-state index contributed by atoms with van der Waals surface area (Å²) < 4.78 is 13.8. The molecule has 0 aromatic carbocycles. The van der Waals surface area contributed by atoms with Crippen LogP contribution in [0.2, 0.25) is 0 Å². The minimum atomic E-state index is -0.209. The van der Waals surface area contributed by atoms with Crippen LogP contribution in [0.3, 0.4) is 0 Å². The number of hydrogen-bond acceptors (Lipinski definition) is 4. The van der Waals surface area contributed by atoms with E-state index in [1.54, 1.807) is 12.1 Å². The van der Waals surface area contributed by atoms with Crippen LogP contribution in [0, 0.1) is 18.0 Å². The van der Waals surface area contributed by atoms with E-state index in [1.165, 1.54) is 43.7 Å². The molecule has 0 atom stereocenters. The van der Waals surface area contributed by atoms with Crippen molar-refractivity contribution in [3.05, 3.63) is 94.5 Å². The Labute approximate surface area is 225 Å². The lowest BCUT2D eigenvalue weighted by molar-refractivity contribution is 0.356. The number of thiophene rings is 1. The molecule has 5 aromatic heterocycles. The molecule has 0 spiro atoms. The number of rotatable bonds is 7. The van der Waals surface area contributed by atoms with E-state index in [0.717, 1.165) is 78.9 Å². The van der Waals surface area contributed by atoms with Crippen LogP contribution in [0.25, 0.3) is 39.1 Å². The van der Waals surface area contributed by atoms with Gasteiger partial charge in [-0.2, -0.15) is 9.49 Å². The molecule has 5 nitrogen and oxygen atoms in total. The number of pyridine rings is 2. The van der Waals surface area contributed by atoms with Gasteiger partial charge < -0.3 is 4.98 Å². The Balaban J connectivity index is 1.34. The number of allylic oxidation sites excluding steroid dienone is 2. The van der Waals surface area contributed by atoms with Crippen molar-refractivity contribution in [2.45, 2.75) is 45.4 Å². The number of nitrogens with one attached hydrogen (secondary N) is 2.